The summed E-state index contributed by atoms with van der Waals surface area (Å²) < 4.78 is 41.2. The Balaban J connectivity index is 3.01. The molecule has 6 nitrogen and oxygen atoms in total. The molecule has 0 saturated carbocycles. The summed E-state index contributed by atoms with van der Waals surface area (Å²) in [5.74, 6) is -1.31. The third kappa shape index (κ3) is 6.54. The maximum absolute atomic E-state index is 14.3. The molecule has 0 radical (unpaired) electrons. The molecule has 0 aliphatic carbocycles. The van der Waals surface area contributed by atoms with E-state index in [4.69, 9.17) is 9.29 Å². The maximum Gasteiger partial charge on any atom is 0.338 e. The van der Waals surface area contributed by atoms with E-state index in [0.717, 1.165) is 25.7 Å². The Hall–Kier alpha value is -1.67. The highest BCUT2D eigenvalue weighted by atomic mass is 32.2. The summed E-state index contributed by atoms with van der Waals surface area (Å²) in [6.07, 6.45) is 3.38. The molecule has 1 unspecified atom stereocenters. The van der Waals surface area contributed by atoms with E-state index in [1.54, 1.807) is 0 Å². The molecular weight excluding hydrogens is 323 g/mol. The molecule has 1 aromatic rings. The summed E-state index contributed by atoms with van der Waals surface area (Å²) in [7, 11) is 0. The molecule has 1 rings (SSSR count). The van der Waals surface area contributed by atoms with Crippen molar-refractivity contribution in [3.8, 4) is 0 Å². The number of hydrogen-bond acceptors (Lipinski definition) is 4. The maximum atomic E-state index is 14.3. The first-order valence-electron chi connectivity index (χ1n) is 7.61. The zero-order valence-electron chi connectivity index (χ0n) is 13.4. The molecule has 0 fully saturated rings. The van der Waals surface area contributed by atoms with E-state index in [9.17, 15) is 13.4 Å². The molecule has 3 N–H and O–H groups in total. The lowest BCUT2D eigenvalue weighted by molar-refractivity contribution is 0.0500. The minimum atomic E-state index is -2.44. The number of carbonyl (C=O) groups excluding carboxylic acids is 1. The number of anilines is 2. The Labute approximate surface area is 138 Å². The van der Waals surface area contributed by atoms with Crippen LogP contribution in [-0.4, -0.2) is 27.9 Å². The number of halogens is 1. The van der Waals surface area contributed by atoms with Crippen LogP contribution in [0.4, 0.5) is 15.8 Å². The molecule has 0 aliphatic heterocycles. The first-order valence-corrected chi connectivity index (χ1v) is 8.72. The Morgan fingerprint density at radius 3 is 2.52 bits per heavy atom. The van der Waals surface area contributed by atoms with Gasteiger partial charge in [-0.3, -0.25) is 9.27 Å². The molecule has 0 aromatic heterocycles. The minimum absolute atomic E-state index is 0.0938. The van der Waals surface area contributed by atoms with Gasteiger partial charge in [-0.1, -0.05) is 26.7 Å². The quantitative estimate of drug-likeness (QED) is 0.343. The van der Waals surface area contributed by atoms with E-state index in [0.29, 0.717) is 6.54 Å². The lowest BCUT2D eigenvalue weighted by atomic mass is 10.1. The van der Waals surface area contributed by atoms with E-state index in [-0.39, 0.29) is 23.5 Å². The fraction of sp³-hybridized carbons (Fsp3) is 0.533. The van der Waals surface area contributed by atoms with Crippen molar-refractivity contribution in [2.75, 3.05) is 23.2 Å². The number of unbranched alkanes of at least 4 members (excludes halogenated alkanes) is 2. The van der Waals surface area contributed by atoms with Gasteiger partial charge in [0.15, 0.2) is 5.82 Å². The van der Waals surface area contributed by atoms with Crippen molar-refractivity contribution in [2.45, 2.75) is 39.5 Å². The molecule has 1 aromatic carbocycles. The number of hydrogen-bond donors (Lipinski definition) is 3. The molecule has 0 bridgehead atoms. The van der Waals surface area contributed by atoms with E-state index in [1.807, 2.05) is 13.8 Å². The second kappa shape index (κ2) is 10.2. The fourth-order valence-corrected chi connectivity index (χ4v) is 2.17. The lowest BCUT2D eigenvalue weighted by Gasteiger charge is -2.13. The number of carbonyl (C=O) groups is 1. The number of benzene rings is 1. The molecule has 0 aliphatic rings. The van der Waals surface area contributed by atoms with Crippen molar-refractivity contribution in [3.05, 3.63) is 23.5 Å². The fourth-order valence-electron chi connectivity index (χ4n) is 1.83. The van der Waals surface area contributed by atoms with Crippen molar-refractivity contribution in [1.82, 2.24) is 0 Å². The van der Waals surface area contributed by atoms with Gasteiger partial charge in [-0.15, -0.1) is 0 Å². The molecule has 8 heteroatoms. The first kappa shape index (κ1) is 19.4. The summed E-state index contributed by atoms with van der Waals surface area (Å²) in [6.45, 7) is 4.78. The Bertz CT molecular complexity index is 555. The van der Waals surface area contributed by atoms with Crippen molar-refractivity contribution >= 4 is 28.6 Å². The standard InChI is InChI=1S/C15H23FN2O4S/c1-3-5-7-17-12-9-11(15(19)22-8-6-4-2)10-13(14(12)16)18-23(20)21/h9-10,17-18H,3-8H2,1-2H3,(H,20,21). The van der Waals surface area contributed by atoms with Gasteiger partial charge < -0.3 is 10.1 Å². The van der Waals surface area contributed by atoms with Gasteiger partial charge in [0, 0.05) is 6.54 Å². The SMILES string of the molecule is CCCCNc1cc(C(=O)OCCCC)cc(NS(=O)O)c1F. The zero-order chi connectivity index (χ0) is 17.2. The molecule has 130 valence electrons. The van der Waals surface area contributed by atoms with E-state index < -0.39 is 23.1 Å². The van der Waals surface area contributed by atoms with Crippen molar-refractivity contribution in [1.29, 1.82) is 0 Å². The van der Waals surface area contributed by atoms with Crippen LogP contribution in [0.25, 0.3) is 0 Å². The molecule has 0 saturated heterocycles. The average Bonchev–Trinajstić information content (AvgIpc) is 2.50. The molecule has 0 amide bonds. The van der Waals surface area contributed by atoms with Gasteiger partial charge in [0.1, 0.15) is 0 Å². The third-order valence-electron chi connectivity index (χ3n) is 3.08. The summed E-state index contributed by atoms with van der Waals surface area (Å²) >= 11 is -2.44. The van der Waals surface area contributed by atoms with Crippen LogP contribution in [-0.2, 0) is 16.0 Å². The summed E-state index contributed by atoms with van der Waals surface area (Å²) in [5.41, 5.74) is -0.0134. The first-order chi connectivity index (χ1) is 11.0. The van der Waals surface area contributed by atoms with Gasteiger partial charge in [0.05, 0.1) is 23.5 Å². The normalized spacial score (nSPS) is 11.8. The van der Waals surface area contributed by atoms with Crippen LogP contribution in [0.1, 0.15) is 49.9 Å². The molecule has 23 heavy (non-hydrogen) atoms. The highest BCUT2D eigenvalue weighted by Crippen LogP contribution is 2.26. The number of ether oxygens (including phenoxy) is 1. The monoisotopic (exact) mass is 346 g/mol. The van der Waals surface area contributed by atoms with E-state index in [1.165, 1.54) is 12.1 Å². The predicted molar refractivity (Wildman–Crippen MR) is 89.4 cm³/mol. The smallest absolute Gasteiger partial charge is 0.338 e. The Kier molecular flexibility index (Phi) is 8.57. The summed E-state index contributed by atoms with van der Waals surface area (Å²) in [4.78, 5) is 12.0. The average molecular weight is 346 g/mol. The van der Waals surface area contributed by atoms with Gasteiger partial charge in [-0.2, -0.15) is 0 Å². The summed E-state index contributed by atoms with van der Waals surface area (Å²) in [5, 5.41) is 2.89. The summed E-state index contributed by atoms with van der Waals surface area (Å²) in [6, 6.07) is 2.52. The number of esters is 1. The van der Waals surface area contributed by atoms with Crippen LogP contribution >= 0.6 is 0 Å². The second-order valence-corrected chi connectivity index (χ2v) is 5.71. The van der Waals surface area contributed by atoms with Crippen LogP contribution < -0.4 is 10.0 Å². The molecule has 1 atom stereocenters. The third-order valence-corrected chi connectivity index (χ3v) is 3.48. The minimum Gasteiger partial charge on any atom is -0.462 e. The van der Waals surface area contributed by atoms with Gasteiger partial charge >= 0.3 is 5.97 Å². The van der Waals surface area contributed by atoms with E-state index in [2.05, 4.69) is 10.0 Å². The van der Waals surface area contributed by atoms with Crippen molar-refractivity contribution in [2.24, 2.45) is 0 Å². The Morgan fingerprint density at radius 1 is 1.26 bits per heavy atom. The van der Waals surface area contributed by atoms with Crippen molar-refractivity contribution < 1.29 is 22.7 Å². The van der Waals surface area contributed by atoms with Crippen LogP contribution in [0.2, 0.25) is 0 Å². The van der Waals surface area contributed by atoms with Crippen LogP contribution in [0.3, 0.4) is 0 Å². The van der Waals surface area contributed by atoms with Crippen LogP contribution in [0, 0.1) is 5.82 Å². The highest BCUT2D eigenvalue weighted by molar-refractivity contribution is 7.80. The van der Waals surface area contributed by atoms with Crippen LogP contribution in [0.15, 0.2) is 12.1 Å². The van der Waals surface area contributed by atoms with Gasteiger partial charge in [-0.05, 0) is 25.0 Å². The second-order valence-electron chi connectivity index (χ2n) is 5.01. The van der Waals surface area contributed by atoms with Crippen LogP contribution in [0.5, 0.6) is 0 Å². The lowest BCUT2D eigenvalue weighted by Crippen LogP contribution is -2.12. The highest BCUT2D eigenvalue weighted by Gasteiger charge is 2.17. The topological polar surface area (TPSA) is 87.7 Å². The Morgan fingerprint density at radius 2 is 1.91 bits per heavy atom. The van der Waals surface area contributed by atoms with Gasteiger partial charge in [0.25, 0.3) is 11.3 Å². The van der Waals surface area contributed by atoms with Crippen molar-refractivity contribution in [3.63, 3.8) is 0 Å². The van der Waals surface area contributed by atoms with Gasteiger partial charge in [0.2, 0.25) is 0 Å². The molecule has 0 spiro atoms. The molecular formula is C15H23FN2O4S. The number of rotatable bonds is 10. The van der Waals surface area contributed by atoms with Gasteiger partial charge in [-0.25, -0.2) is 13.4 Å². The number of nitrogens with one attached hydrogen (secondary N) is 2. The largest absolute Gasteiger partial charge is 0.462 e. The van der Waals surface area contributed by atoms with E-state index >= 15 is 0 Å². The molecule has 0 heterocycles. The zero-order valence-corrected chi connectivity index (χ0v) is 14.2. The predicted octanol–water partition coefficient (Wildman–Crippen LogP) is 3.54.